The Kier molecular flexibility index (Phi) is 4.23. The van der Waals surface area contributed by atoms with Crippen LogP contribution >= 0.6 is 0 Å². The predicted octanol–water partition coefficient (Wildman–Crippen LogP) is 2.20. The van der Waals surface area contributed by atoms with E-state index in [0.717, 1.165) is 10.9 Å². The van der Waals surface area contributed by atoms with Crippen molar-refractivity contribution >= 4 is 33.8 Å². The highest BCUT2D eigenvalue weighted by atomic mass is 16.6. The SMILES string of the molecule is CCOC(=O)NNc1ncnc2[nH]c3cc(OC)c(OC)cc3c12. The van der Waals surface area contributed by atoms with Gasteiger partial charge in [0.1, 0.15) is 12.0 Å². The normalized spacial score (nSPS) is 10.6. The molecule has 0 atom stereocenters. The van der Waals surface area contributed by atoms with Crippen LogP contribution < -0.4 is 20.3 Å². The van der Waals surface area contributed by atoms with Crippen molar-refractivity contribution in [2.75, 3.05) is 26.3 Å². The van der Waals surface area contributed by atoms with Crippen LogP contribution in [-0.4, -0.2) is 41.9 Å². The van der Waals surface area contributed by atoms with E-state index in [1.54, 1.807) is 21.1 Å². The fourth-order valence-corrected chi connectivity index (χ4v) is 2.42. The van der Waals surface area contributed by atoms with Crippen molar-refractivity contribution in [3.63, 3.8) is 0 Å². The quantitative estimate of drug-likeness (QED) is 0.615. The van der Waals surface area contributed by atoms with Gasteiger partial charge in [-0.1, -0.05) is 0 Å². The lowest BCUT2D eigenvalue weighted by Crippen LogP contribution is -2.30. The second kappa shape index (κ2) is 6.49. The molecular formula is C15H17N5O4. The van der Waals surface area contributed by atoms with Crippen molar-refractivity contribution < 1.29 is 19.0 Å². The zero-order valence-corrected chi connectivity index (χ0v) is 13.5. The lowest BCUT2D eigenvalue weighted by molar-refractivity contribution is 0.154. The number of aromatic nitrogens is 3. The van der Waals surface area contributed by atoms with Crippen LogP contribution in [0.1, 0.15) is 6.92 Å². The third-order valence-electron chi connectivity index (χ3n) is 3.45. The van der Waals surface area contributed by atoms with E-state index < -0.39 is 6.09 Å². The molecule has 3 rings (SSSR count). The highest BCUT2D eigenvalue weighted by Gasteiger charge is 2.15. The zero-order valence-electron chi connectivity index (χ0n) is 13.5. The van der Waals surface area contributed by atoms with Gasteiger partial charge in [0.15, 0.2) is 17.3 Å². The van der Waals surface area contributed by atoms with E-state index in [-0.39, 0.29) is 6.61 Å². The standard InChI is InChI=1S/C15H17N5O4/c1-4-24-15(21)20-19-14-12-8-5-10(22-2)11(23-3)6-9(8)18-13(12)16-7-17-14/h5-7H,4H2,1-3H3,(H,20,21)(H2,16,17,18,19). The van der Waals surface area contributed by atoms with Crippen LogP contribution in [0.2, 0.25) is 0 Å². The highest BCUT2D eigenvalue weighted by molar-refractivity contribution is 6.12. The summed E-state index contributed by atoms with van der Waals surface area (Å²) in [6, 6.07) is 3.64. The molecule has 0 saturated carbocycles. The van der Waals surface area contributed by atoms with Crippen molar-refractivity contribution in [2.24, 2.45) is 0 Å². The van der Waals surface area contributed by atoms with Crippen molar-refractivity contribution in [3.8, 4) is 11.5 Å². The first-order valence-corrected chi connectivity index (χ1v) is 7.25. The molecule has 0 aliphatic heterocycles. The molecule has 0 fully saturated rings. The zero-order chi connectivity index (χ0) is 17.1. The van der Waals surface area contributed by atoms with Crippen molar-refractivity contribution in [3.05, 3.63) is 18.5 Å². The number of benzene rings is 1. The van der Waals surface area contributed by atoms with Gasteiger partial charge in [-0.3, -0.25) is 5.43 Å². The summed E-state index contributed by atoms with van der Waals surface area (Å²) in [5.74, 6) is 1.62. The first kappa shape index (κ1) is 15.7. The molecule has 9 nitrogen and oxygen atoms in total. The summed E-state index contributed by atoms with van der Waals surface area (Å²) in [6.45, 7) is 2.00. The molecule has 0 bridgehead atoms. The van der Waals surface area contributed by atoms with Gasteiger partial charge in [-0.2, -0.15) is 0 Å². The van der Waals surface area contributed by atoms with Crippen LogP contribution in [0.15, 0.2) is 18.5 Å². The number of hydrazine groups is 1. The first-order chi connectivity index (χ1) is 11.7. The summed E-state index contributed by atoms with van der Waals surface area (Å²) in [6.07, 6.45) is 0.796. The van der Waals surface area contributed by atoms with Crippen LogP contribution in [0.4, 0.5) is 10.6 Å². The molecule has 0 spiro atoms. The number of fused-ring (bicyclic) bond motifs is 3. The second-order valence-corrected chi connectivity index (χ2v) is 4.79. The molecule has 0 saturated heterocycles. The first-order valence-electron chi connectivity index (χ1n) is 7.25. The summed E-state index contributed by atoms with van der Waals surface area (Å²) < 4.78 is 15.5. The number of H-pyrrole nitrogens is 1. The Hall–Kier alpha value is -3.23. The third-order valence-corrected chi connectivity index (χ3v) is 3.45. The molecule has 3 aromatic rings. The fraction of sp³-hybridized carbons (Fsp3) is 0.267. The molecule has 24 heavy (non-hydrogen) atoms. The second-order valence-electron chi connectivity index (χ2n) is 4.79. The fourth-order valence-electron chi connectivity index (χ4n) is 2.42. The van der Waals surface area contributed by atoms with Gasteiger partial charge in [0.2, 0.25) is 0 Å². The van der Waals surface area contributed by atoms with Crippen LogP contribution in [0.5, 0.6) is 11.5 Å². The smallest absolute Gasteiger partial charge is 0.425 e. The molecule has 2 aromatic heterocycles. The Morgan fingerprint density at radius 3 is 2.67 bits per heavy atom. The van der Waals surface area contributed by atoms with Gasteiger partial charge in [0, 0.05) is 11.5 Å². The number of nitrogens with zero attached hydrogens (tertiary/aromatic N) is 2. The number of anilines is 1. The number of hydrogen-bond donors (Lipinski definition) is 3. The Morgan fingerprint density at radius 1 is 1.21 bits per heavy atom. The van der Waals surface area contributed by atoms with Gasteiger partial charge in [-0.25, -0.2) is 20.2 Å². The minimum Gasteiger partial charge on any atom is -0.493 e. The van der Waals surface area contributed by atoms with E-state index in [0.29, 0.717) is 28.4 Å². The van der Waals surface area contributed by atoms with Gasteiger partial charge in [0.25, 0.3) is 0 Å². The lowest BCUT2D eigenvalue weighted by atomic mass is 10.2. The van der Waals surface area contributed by atoms with E-state index >= 15 is 0 Å². The van der Waals surface area contributed by atoms with E-state index in [1.165, 1.54) is 6.33 Å². The largest absolute Gasteiger partial charge is 0.493 e. The number of rotatable bonds is 5. The van der Waals surface area contributed by atoms with Crippen molar-refractivity contribution in [1.82, 2.24) is 20.4 Å². The molecule has 3 N–H and O–H groups in total. The minimum atomic E-state index is -0.594. The Labute approximate surface area is 137 Å². The molecule has 0 aliphatic rings. The lowest BCUT2D eigenvalue weighted by Gasteiger charge is -2.09. The number of aromatic amines is 1. The van der Waals surface area contributed by atoms with Crippen LogP contribution in [-0.2, 0) is 4.74 Å². The molecule has 9 heteroatoms. The number of amides is 1. The number of methoxy groups -OCH3 is 2. The topological polar surface area (TPSA) is 110 Å². The van der Waals surface area contributed by atoms with Gasteiger partial charge in [0.05, 0.1) is 31.7 Å². The monoisotopic (exact) mass is 331 g/mol. The average molecular weight is 331 g/mol. The molecule has 126 valence electrons. The van der Waals surface area contributed by atoms with E-state index in [4.69, 9.17) is 14.2 Å². The van der Waals surface area contributed by atoms with Gasteiger partial charge in [-0.05, 0) is 13.0 Å². The number of hydrogen-bond acceptors (Lipinski definition) is 7. The summed E-state index contributed by atoms with van der Waals surface area (Å²) in [5, 5.41) is 1.54. The maximum atomic E-state index is 11.5. The van der Waals surface area contributed by atoms with Crippen molar-refractivity contribution in [2.45, 2.75) is 6.92 Å². The van der Waals surface area contributed by atoms with Crippen LogP contribution in [0.25, 0.3) is 21.9 Å². The molecule has 2 heterocycles. The van der Waals surface area contributed by atoms with Gasteiger partial charge < -0.3 is 19.2 Å². The Bertz CT molecular complexity index is 892. The molecular weight excluding hydrogens is 314 g/mol. The Morgan fingerprint density at radius 2 is 1.96 bits per heavy atom. The minimum absolute atomic E-state index is 0.275. The molecule has 0 radical (unpaired) electrons. The summed E-state index contributed by atoms with van der Waals surface area (Å²) in [4.78, 5) is 23.0. The van der Waals surface area contributed by atoms with Gasteiger partial charge >= 0.3 is 6.09 Å². The maximum Gasteiger partial charge on any atom is 0.425 e. The number of carbonyl (C=O) groups excluding carboxylic acids is 1. The molecule has 0 aliphatic carbocycles. The third kappa shape index (κ3) is 2.71. The molecule has 1 aromatic carbocycles. The predicted molar refractivity (Wildman–Crippen MR) is 88.3 cm³/mol. The van der Waals surface area contributed by atoms with E-state index in [1.807, 2.05) is 12.1 Å². The molecule has 1 amide bonds. The number of carbonyl (C=O) groups is 1. The average Bonchev–Trinajstić information content (AvgIpc) is 2.96. The summed E-state index contributed by atoms with van der Waals surface area (Å²) in [5.41, 5.74) is 6.60. The number of nitrogens with one attached hydrogen (secondary N) is 3. The van der Waals surface area contributed by atoms with Crippen LogP contribution in [0.3, 0.4) is 0 Å². The molecule has 0 unspecified atom stereocenters. The summed E-state index contributed by atoms with van der Waals surface area (Å²) >= 11 is 0. The van der Waals surface area contributed by atoms with E-state index in [2.05, 4.69) is 25.8 Å². The maximum absolute atomic E-state index is 11.5. The van der Waals surface area contributed by atoms with Crippen LogP contribution in [0, 0.1) is 0 Å². The number of ether oxygens (including phenoxy) is 3. The highest BCUT2D eigenvalue weighted by Crippen LogP contribution is 2.36. The van der Waals surface area contributed by atoms with Gasteiger partial charge in [-0.15, -0.1) is 0 Å². The van der Waals surface area contributed by atoms with E-state index in [9.17, 15) is 4.79 Å². The van der Waals surface area contributed by atoms with Crippen molar-refractivity contribution in [1.29, 1.82) is 0 Å². The Balaban J connectivity index is 2.08. The summed E-state index contributed by atoms with van der Waals surface area (Å²) in [7, 11) is 3.14.